The van der Waals surface area contributed by atoms with Crippen LogP contribution in [0.25, 0.3) is 10.4 Å². The number of thiophene rings is 1. The lowest BCUT2D eigenvalue weighted by Gasteiger charge is -1.97. The first-order valence-electron chi connectivity index (χ1n) is 4.58. The number of hydrogen-bond donors (Lipinski definition) is 0. The van der Waals surface area contributed by atoms with E-state index in [4.69, 9.17) is 4.18 Å². The van der Waals surface area contributed by atoms with E-state index in [1.165, 1.54) is 11.3 Å². The normalized spacial score (nSPS) is 11.3. The van der Waals surface area contributed by atoms with Gasteiger partial charge in [0.1, 0.15) is 0 Å². The largest absolute Gasteiger partial charge is 0.382 e. The monoisotopic (exact) mass is 254 g/mol. The molecule has 2 rings (SSSR count). The molecule has 1 aromatic carbocycles. The minimum absolute atomic E-state index is 0.367. The lowest BCUT2D eigenvalue weighted by Crippen LogP contribution is -2.04. The fourth-order valence-electron chi connectivity index (χ4n) is 1.29. The van der Waals surface area contributed by atoms with Gasteiger partial charge >= 0.3 is 10.1 Å². The van der Waals surface area contributed by atoms with Crippen LogP contribution in [0.1, 0.15) is 0 Å². The Balaban J connectivity index is 2.27. The van der Waals surface area contributed by atoms with Crippen molar-refractivity contribution in [3.05, 3.63) is 41.8 Å². The maximum Gasteiger partial charge on any atom is 0.306 e. The highest BCUT2D eigenvalue weighted by Gasteiger charge is 2.07. The molecule has 0 radical (unpaired) electrons. The fourth-order valence-corrected chi connectivity index (χ4v) is 2.61. The van der Waals surface area contributed by atoms with Crippen LogP contribution in [0.4, 0.5) is 0 Å². The second-order valence-corrected chi connectivity index (χ2v) is 5.79. The van der Waals surface area contributed by atoms with E-state index < -0.39 is 10.1 Å². The van der Waals surface area contributed by atoms with Gasteiger partial charge in [0.15, 0.2) is 5.75 Å². The number of hydrogen-bond acceptors (Lipinski definition) is 4. The van der Waals surface area contributed by atoms with Crippen LogP contribution in [-0.2, 0) is 10.1 Å². The summed E-state index contributed by atoms with van der Waals surface area (Å²) in [7, 11) is -3.44. The SMILES string of the molecule is CS(=O)(=O)Oc1csc(-c2ccccc2)c1. The zero-order valence-corrected chi connectivity index (χ0v) is 10.2. The quantitative estimate of drug-likeness (QED) is 0.791. The van der Waals surface area contributed by atoms with E-state index in [9.17, 15) is 8.42 Å². The van der Waals surface area contributed by atoms with Gasteiger partial charge in [-0.15, -0.1) is 11.3 Å². The van der Waals surface area contributed by atoms with Gasteiger partial charge in [0.2, 0.25) is 0 Å². The summed E-state index contributed by atoms with van der Waals surface area (Å²) in [5.41, 5.74) is 1.05. The van der Waals surface area contributed by atoms with Gasteiger partial charge in [0.25, 0.3) is 0 Å². The van der Waals surface area contributed by atoms with Gasteiger partial charge in [-0.05, 0) is 5.56 Å². The molecule has 0 saturated carbocycles. The minimum Gasteiger partial charge on any atom is -0.382 e. The van der Waals surface area contributed by atoms with E-state index in [1.54, 1.807) is 11.4 Å². The molecule has 0 atom stereocenters. The Bertz CT molecular complexity index is 570. The highest BCUT2D eigenvalue weighted by molar-refractivity contribution is 7.86. The van der Waals surface area contributed by atoms with Crippen molar-refractivity contribution in [1.82, 2.24) is 0 Å². The van der Waals surface area contributed by atoms with E-state index in [1.807, 2.05) is 30.3 Å². The summed E-state index contributed by atoms with van der Waals surface area (Å²) in [5, 5.41) is 1.68. The zero-order valence-electron chi connectivity index (χ0n) is 8.58. The first kappa shape index (κ1) is 11.2. The van der Waals surface area contributed by atoms with Crippen LogP contribution in [0.2, 0.25) is 0 Å². The maximum absolute atomic E-state index is 10.9. The summed E-state index contributed by atoms with van der Waals surface area (Å²) in [6.45, 7) is 0. The summed E-state index contributed by atoms with van der Waals surface area (Å²) in [5.74, 6) is 0.367. The molecule has 0 aliphatic heterocycles. The minimum atomic E-state index is -3.44. The summed E-state index contributed by atoms with van der Waals surface area (Å²) < 4.78 is 26.6. The average molecular weight is 254 g/mol. The summed E-state index contributed by atoms with van der Waals surface area (Å²) in [4.78, 5) is 0.985. The van der Waals surface area contributed by atoms with Crippen LogP contribution in [0.3, 0.4) is 0 Å². The van der Waals surface area contributed by atoms with Crippen LogP contribution < -0.4 is 4.18 Å². The van der Waals surface area contributed by atoms with E-state index in [2.05, 4.69) is 0 Å². The van der Waals surface area contributed by atoms with Gasteiger partial charge in [0, 0.05) is 16.3 Å². The molecule has 1 aromatic heterocycles. The van der Waals surface area contributed by atoms with E-state index >= 15 is 0 Å². The number of rotatable bonds is 3. The van der Waals surface area contributed by atoms with Gasteiger partial charge in [-0.3, -0.25) is 0 Å². The van der Waals surface area contributed by atoms with Crippen molar-refractivity contribution >= 4 is 21.5 Å². The van der Waals surface area contributed by atoms with Crippen LogP contribution in [0.15, 0.2) is 41.8 Å². The lowest BCUT2D eigenvalue weighted by atomic mass is 10.2. The molecule has 0 amide bonds. The molecule has 0 spiro atoms. The van der Waals surface area contributed by atoms with Gasteiger partial charge in [-0.25, -0.2) is 0 Å². The first-order valence-corrected chi connectivity index (χ1v) is 7.28. The second kappa shape index (κ2) is 4.27. The topological polar surface area (TPSA) is 43.4 Å². The van der Waals surface area contributed by atoms with Crippen LogP contribution >= 0.6 is 11.3 Å². The van der Waals surface area contributed by atoms with Crippen molar-refractivity contribution < 1.29 is 12.6 Å². The molecule has 84 valence electrons. The molecular formula is C11H10O3S2. The molecule has 2 aromatic rings. The Morgan fingerprint density at radius 2 is 1.88 bits per heavy atom. The molecule has 5 heteroatoms. The predicted octanol–water partition coefficient (Wildman–Crippen LogP) is 2.75. The van der Waals surface area contributed by atoms with Crippen LogP contribution in [0.5, 0.6) is 5.75 Å². The first-order chi connectivity index (χ1) is 7.54. The van der Waals surface area contributed by atoms with E-state index in [0.717, 1.165) is 16.7 Å². The Morgan fingerprint density at radius 1 is 1.19 bits per heavy atom. The third-order valence-corrected chi connectivity index (χ3v) is 3.33. The summed E-state index contributed by atoms with van der Waals surface area (Å²) >= 11 is 1.45. The molecular weight excluding hydrogens is 244 g/mol. The maximum atomic E-state index is 10.9. The van der Waals surface area contributed by atoms with E-state index in [-0.39, 0.29) is 0 Å². The molecule has 1 heterocycles. The Morgan fingerprint density at radius 3 is 2.50 bits per heavy atom. The highest BCUT2D eigenvalue weighted by atomic mass is 32.2. The lowest BCUT2D eigenvalue weighted by molar-refractivity contribution is 0.494. The van der Waals surface area contributed by atoms with Crippen molar-refractivity contribution in [3.8, 4) is 16.2 Å². The van der Waals surface area contributed by atoms with Crippen molar-refractivity contribution in [2.75, 3.05) is 6.26 Å². The van der Waals surface area contributed by atoms with E-state index in [0.29, 0.717) is 5.75 Å². The standard InChI is InChI=1S/C11H10O3S2/c1-16(12,13)14-10-7-11(15-8-10)9-5-3-2-4-6-9/h2-8H,1H3. The van der Waals surface area contributed by atoms with Crippen LogP contribution in [-0.4, -0.2) is 14.7 Å². The Hall–Kier alpha value is -1.33. The molecule has 0 aliphatic rings. The smallest absolute Gasteiger partial charge is 0.306 e. The molecule has 3 nitrogen and oxygen atoms in total. The molecule has 0 N–H and O–H groups in total. The Labute approximate surface area is 98.4 Å². The van der Waals surface area contributed by atoms with Gasteiger partial charge in [-0.2, -0.15) is 8.42 Å². The average Bonchev–Trinajstić information content (AvgIpc) is 2.65. The molecule has 0 fully saturated rings. The van der Waals surface area contributed by atoms with Crippen molar-refractivity contribution in [2.45, 2.75) is 0 Å². The fraction of sp³-hybridized carbons (Fsp3) is 0.0909. The third-order valence-electron chi connectivity index (χ3n) is 1.88. The van der Waals surface area contributed by atoms with Gasteiger partial charge in [0.05, 0.1) is 6.26 Å². The molecule has 0 saturated heterocycles. The number of benzene rings is 1. The van der Waals surface area contributed by atoms with Crippen molar-refractivity contribution in [3.63, 3.8) is 0 Å². The predicted molar refractivity (Wildman–Crippen MR) is 65.2 cm³/mol. The summed E-state index contributed by atoms with van der Waals surface area (Å²) in [6, 6.07) is 11.5. The third kappa shape index (κ3) is 2.84. The molecule has 0 bridgehead atoms. The van der Waals surface area contributed by atoms with Gasteiger partial charge < -0.3 is 4.18 Å². The molecule has 16 heavy (non-hydrogen) atoms. The molecule has 0 aliphatic carbocycles. The molecule has 0 unspecified atom stereocenters. The Kier molecular flexibility index (Phi) is 2.98. The highest BCUT2D eigenvalue weighted by Crippen LogP contribution is 2.31. The second-order valence-electron chi connectivity index (χ2n) is 3.30. The van der Waals surface area contributed by atoms with Crippen molar-refractivity contribution in [2.24, 2.45) is 0 Å². The van der Waals surface area contributed by atoms with Gasteiger partial charge in [-0.1, -0.05) is 30.3 Å². The van der Waals surface area contributed by atoms with Crippen LogP contribution in [0, 0.1) is 0 Å². The summed E-state index contributed by atoms with van der Waals surface area (Å²) in [6.07, 6.45) is 1.03. The van der Waals surface area contributed by atoms with Crippen molar-refractivity contribution in [1.29, 1.82) is 0 Å². The zero-order chi connectivity index (χ0) is 11.6.